The molecule has 0 aromatic carbocycles. The fourth-order valence-electron chi connectivity index (χ4n) is 2.71. The standard InChI is InChI=1S/C18H21ClF5N3O.CO2/c1-5-11-14(19)27(13(6-2)26-11)15-12(28-16(20)21)7-10(9-25-15)8-17(3,4)18(22,23)24;2-1-3/h7,9,16H,5-6,8H2,1-4H3;. The number of aromatic nitrogens is 3. The number of alkyl halides is 5. The van der Waals surface area contributed by atoms with Crippen LogP contribution in [0.1, 0.15) is 44.8 Å². The highest BCUT2D eigenvalue weighted by Crippen LogP contribution is 2.41. The van der Waals surface area contributed by atoms with Gasteiger partial charge in [-0.05, 0) is 24.5 Å². The van der Waals surface area contributed by atoms with Gasteiger partial charge in [0.1, 0.15) is 11.0 Å². The normalized spacial score (nSPS) is 11.7. The van der Waals surface area contributed by atoms with E-state index in [9.17, 15) is 22.0 Å². The summed E-state index contributed by atoms with van der Waals surface area (Å²) in [5, 5.41) is 0.203. The van der Waals surface area contributed by atoms with Gasteiger partial charge < -0.3 is 4.74 Å². The van der Waals surface area contributed by atoms with Crippen molar-refractivity contribution in [3.63, 3.8) is 0 Å². The van der Waals surface area contributed by atoms with E-state index in [0.29, 0.717) is 24.4 Å². The third-order valence-corrected chi connectivity index (χ3v) is 4.73. The molecule has 172 valence electrons. The molecule has 0 aliphatic heterocycles. The number of ether oxygens (including phenoxy) is 1. The van der Waals surface area contributed by atoms with Crippen LogP contribution in [-0.2, 0) is 28.9 Å². The van der Waals surface area contributed by atoms with Gasteiger partial charge in [-0.25, -0.2) is 9.97 Å². The summed E-state index contributed by atoms with van der Waals surface area (Å²) < 4.78 is 71.3. The van der Waals surface area contributed by atoms with E-state index in [-0.39, 0.29) is 28.4 Å². The molecule has 0 fully saturated rings. The fourth-order valence-corrected chi connectivity index (χ4v) is 3.06. The monoisotopic (exact) mass is 469 g/mol. The summed E-state index contributed by atoms with van der Waals surface area (Å²) >= 11 is 6.33. The molecule has 2 rings (SSSR count). The number of imidazole rings is 1. The van der Waals surface area contributed by atoms with Crippen molar-refractivity contribution in [1.82, 2.24) is 14.5 Å². The lowest BCUT2D eigenvalue weighted by atomic mass is 9.85. The topological polar surface area (TPSA) is 74.1 Å². The van der Waals surface area contributed by atoms with Crippen molar-refractivity contribution in [2.75, 3.05) is 0 Å². The summed E-state index contributed by atoms with van der Waals surface area (Å²) in [4.78, 5) is 24.7. The van der Waals surface area contributed by atoms with Gasteiger partial charge in [-0.15, -0.1) is 0 Å². The second-order valence-electron chi connectivity index (χ2n) is 6.99. The zero-order valence-electron chi connectivity index (χ0n) is 17.2. The van der Waals surface area contributed by atoms with Crippen LogP contribution in [0.3, 0.4) is 0 Å². The van der Waals surface area contributed by atoms with Crippen LogP contribution >= 0.6 is 11.6 Å². The van der Waals surface area contributed by atoms with Gasteiger partial charge in [-0.1, -0.05) is 39.3 Å². The zero-order valence-corrected chi connectivity index (χ0v) is 17.9. The van der Waals surface area contributed by atoms with E-state index in [2.05, 4.69) is 14.7 Å². The predicted molar refractivity (Wildman–Crippen MR) is 100 cm³/mol. The summed E-state index contributed by atoms with van der Waals surface area (Å²) in [5.74, 6) is 0.0851. The van der Waals surface area contributed by atoms with Crippen LogP contribution in [0.4, 0.5) is 22.0 Å². The third-order valence-electron chi connectivity index (χ3n) is 4.34. The number of aryl methyl sites for hydroxylation is 2. The molecule has 12 heteroatoms. The fraction of sp³-hybridized carbons (Fsp3) is 0.526. The maximum atomic E-state index is 13.2. The molecule has 0 atom stereocenters. The molecule has 0 saturated heterocycles. The molecule has 2 heterocycles. The van der Waals surface area contributed by atoms with Crippen molar-refractivity contribution < 1.29 is 36.3 Å². The molecule has 0 aliphatic carbocycles. The largest absolute Gasteiger partial charge is 0.431 e. The number of hydrogen-bond acceptors (Lipinski definition) is 5. The van der Waals surface area contributed by atoms with Gasteiger partial charge in [0.15, 0.2) is 11.6 Å². The number of pyridine rings is 1. The molecular formula is C19H21ClF5N3O3. The number of nitrogens with zero attached hydrogens (tertiary/aromatic N) is 3. The summed E-state index contributed by atoms with van der Waals surface area (Å²) in [7, 11) is 0. The number of halogens is 6. The Labute approximate surface area is 180 Å². The molecule has 0 spiro atoms. The Balaban J connectivity index is 0.00000151. The van der Waals surface area contributed by atoms with E-state index in [1.165, 1.54) is 10.8 Å². The average molecular weight is 470 g/mol. The zero-order chi connectivity index (χ0) is 24.0. The van der Waals surface area contributed by atoms with E-state index < -0.39 is 24.6 Å². The number of carbonyl (C=O) groups excluding carboxylic acids is 2. The third kappa shape index (κ3) is 6.48. The lowest BCUT2D eigenvalue weighted by Crippen LogP contribution is -2.34. The molecule has 2 aromatic heterocycles. The van der Waals surface area contributed by atoms with Gasteiger partial charge >= 0.3 is 18.9 Å². The van der Waals surface area contributed by atoms with Crippen molar-refractivity contribution >= 4 is 17.8 Å². The first-order valence-electron chi connectivity index (χ1n) is 9.08. The van der Waals surface area contributed by atoms with Gasteiger partial charge in [0.25, 0.3) is 0 Å². The van der Waals surface area contributed by atoms with Crippen LogP contribution in [0, 0.1) is 5.41 Å². The molecule has 0 bridgehead atoms. The minimum Gasteiger partial charge on any atom is -0.431 e. The van der Waals surface area contributed by atoms with Crippen molar-refractivity contribution in [2.24, 2.45) is 5.41 Å². The number of hydrogen-bond donors (Lipinski definition) is 0. The molecule has 2 aromatic rings. The molecule has 0 aliphatic rings. The Kier molecular flexibility index (Phi) is 9.13. The number of rotatable bonds is 7. The molecular weight excluding hydrogens is 449 g/mol. The minimum atomic E-state index is -4.46. The highest BCUT2D eigenvalue weighted by atomic mass is 35.5. The van der Waals surface area contributed by atoms with Gasteiger partial charge in [-0.3, -0.25) is 4.57 Å². The van der Waals surface area contributed by atoms with Gasteiger partial charge in [0.2, 0.25) is 0 Å². The summed E-state index contributed by atoms with van der Waals surface area (Å²) in [6.45, 7) is 2.53. The summed E-state index contributed by atoms with van der Waals surface area (Å²) in [5.41, 5.74) is -1.38. The second kappa shape index (κ2) is 10.7. The Morgan fingerprint density at radius 1 is 1.19 bits per heavy atom. The minimum absolute atomic E-state index is 0.0390. The Bertz CT molecular complexity index is 923. The summed E-state index contributed by atoms with van der Waals surface area (Å²) in [6.07, 6.45) is -2.49. The van der Waals surface area contributed by atoms with Crippen LogP contribution in [0.25, 0.3) is 5.82 Å². The smallest absolute Gasteiger partial charge is 0.394 e. The van der Waals surface area contributed by atoms with Crippen LogP contribution in [-0.4, -0.2) is 33.5 Å². The molecule has 31 heavy (non-hydrogen) atoms. The maximum Gasteiger partial charge on any atom is 0.394 e. The maximum absolute atomic E-state index is 13.2. The van der Waals surface area contributed by atoms with Crippen LogP contribution in [0.15, 0.2) is 12.3 Å². The lowest BCUT2D eigenvalue weighted by molar-refractivity contribution is -0.211. The quantitative estimate of drug-likeness (QED) is 0.521. The Morgan fingerprint density at radius 3 is 2.23 bits per heavy atom. The van der Waals surface area contributed by atoms with E-state index in [1.54, 1.807) is 0 Å². The van der Waals surface area contributed by atoms with Crippen molar-refractivity contribution in [2.45, 2.75) is 59.7 Å². The van der Waals surface area contributed by atoms with E-state index >= 15 is 0 Å². The van der Waals surface area contributed by atoms with Crippen LogP contribution < -0.4 is 4.74 Å². The molecule has 0 radical (unpaired) electrons. The first-order chi connectivity index (χ1) is 14.3. The highest BCUT2D eigenvalue weighted by molar-refractivity contribution is 6.30. The molecule has 0 amide bonds. The summed E-state index contributed by atoms with van der Waals surface area (Å²) in [6, 6.07) is 1.14. The van der Waals surface area contributed by atoms with Gasteiger partial charge in [-0.2, -0.15) is 31.5 Å². The molecule has 0 N–H and O–H groups in total. The average Bonchev–Trinajstić information content (AvgIpc) is 2.96. The molecule has 0 saturated carbocycles. The lowest BCUT2D eigenvalue weighted by Gasteiger charge is -2.27. The SMILES string of the molecule is CCc1nc(CC)n(-c2ncc(CC(C)(C)C(F)(F)F)cc2OC(F)F)c1Cl.O=C=O. The molecule has 6 nitrogen and oxygen atoms in total. The van der Waals surface area contributed by atoms with Gasteiger partial charge in [0, 0.05) is 12.6 Å². The first kappa shape index (κ1) is 26.5. The Morgan fingerprint density at radius 2 is 1.77 bits per heavy atom. The highest BCUT2D eigenvalue weighted by Gasteiger charge is 2.47. The van der Waals surface area contributed by atoms with Crippen LogP contribution in [0.2, 0.25) is 5.15 Å². The predicted octanol–water partition coefficient (Wildman–Crippen LogP) is 5.19. The van der Waals surface area contributed by atoms with Crippen molar-refractivity contribution in [3.8, 4) is 11.6 Å². The van der Waals surface area contributed by atoms with Crippen molar-refractivity contribution in [1.29, 1.82) is 0 Å². The van der Waals surface area contributed by atoms with E-state index in [1.807, 2.05) is 13.8 Å². The van der Waals surface area contributed by atoms with Gasteiger partial charge in [0.05, 0.1) is 11.1 Å². The van der Waals surface area contributed by atoms with Crippen LogP contribution in [0.5, 0.6) is 5.75 Å². The second-order valence-corrected chi connectivity index (χ2v) is 7.35. The first-order valence-corrected chi connectivity index (χ1v) is 9.46. The molecule has 0 unspecified atom stereocenters. The van der Waals surface area contributed by atoms with Crippen molar-refractivity contribution in [3.05, 3.63) is 34.5 Å². The Hall–Kier alpha value is -2.52. The van der Waals surface area contributed by atoms with E-state index in [4.69, 9.17) is 21.2 Å². The van der Waals surface area contributed by atoms with E-state index in [0.717, 1.165) is 19.9 Å².